The van der Waals surface area contributed by atoms with Crippen molar-refractivity contribution in [1.29, 1.82) is 0 Å². The van der Waals surface area contributed by atoms with Gasteiger partial charge in [-0.2, -0.15) is 5.10 Å². The average Bonchev–Trinajstić information content (AvgIpc) is 2.40. The van der Waals surface area contributed by atoms with Gasteiger partial charge in [-0.1, -0.05) is 13.3 Å². The highest BCUT2D eigenvalue weighted by atomic mass is 16.2. The molecular weight excluding hydrogens is 218 g/mol. The Bertz CT molecular complexity index is 369. The van der Waals surface area contributed by atoms with Crippen LogP contribution in [0.4, 0.5) is 5.95 Å². The van der Waals surface area contributed by atoms with Crippen molar-refractivity contribution >= 4 is 11.9 Å². The first-order valence-corrected chi connectivity index (χ1v) is 5.97. The summed E-state index contributed by atoms with van der Waals surface area (Å²) < 4.78 is 0. The molecule has 2 atom stereocenters. The number of anilines is 1. The van der Waals surface area contributed by atoms with Crippen LogP contribution < -0.4 is 10.6 Å². The van der Waals surface area contributed by atoms with E-state index in [1.54, 1.807) is 0 Å². The minimum atomic E-state index is -0.141. The van der Waals surface area contributed by atoms with Gasteiger partial charge in [0, 0.05) is 0 Å². The van der Waals surface area contributed by atoms with Gasteiger partial charge in [-0.25, -0.2) is 4.98 Å². The summed E-state index contributed by atoms with van der Waals surface area (Å²) in [6.45, 7) is 3.06. The highest BCUT2D eigenvalue weighted by Crippen LogP contribution is 2.19. The van der Waals surface area contributed by atoms with Crippen LogP contribution in [0.1, 0.15) is 26.2 Å². The van der Waals surface area contributed by atoms with Gasteiger partial charge >= 0.3 is 0 Å². The van der Waals surface area contributed by atoms with Crippen LogP contribution in [0, 0.1) is 5.92 Å². The average molecular weight is 235 g/mol. The summed E-state index contributed by atoms with van der Waals surface area (Å²) in [5.41, 5.74) is 0. The summed E-state index contributed by atoms with van der Waals surface area (Å²) in [6, 6.07) is -0.141. The van der Waals surface area contributed by atoms with Gasteiger partial charge in [0.15, 0.2) is 0 Å². The van der Waals surface area contributed by atoms with E-state index in [1.807, 2.05) is 0 Å². The number of nitrogens with zero attached hydrogens (tertiary/aromatic N) is 3. The molecule has 0 radical (unpaired) electrons. The number of amides is 1. The summed E-state index contributed by atoms with van der Waals surface area (Å²) in [5.74, 6) is 0.816. The molecule has 0 spiro atoms. The molecule has 1 amide bonds. The van der Waals surface area contributed by atoms with E-state index in [4.69, 9.17) is 0 Å². The zero-order valence-corrected chi connectivity index (χ0v) is 9.89. The normalized spacial score (nSPS) is 24.3. The molecule has 2 unspecified atom stereocenters. The van der Waals surface area contributed by atoms with Crippen molar-refractivity contribution in [3.05, 3.63) is 12.4 Å². The summed E-state index contributed by atoms with van der Waals surface area (Å²) in [4.78, 5) is 15.9. The predicted octanol–water partition coefficient (Wildman–Crippen LogP) is 0.588. The Labute approximate surface area is 100 Å². The third-order valence-corrected chi connectivity index (χ3v) is 3.12. The van der Waals surface area contributed by atoms with Gasteiger partial charge in [0.25, 0.3) is 0 Å². The number of hydrogen-bond acceptors (Lipinski definition) is 5. The predicted molar refractivity (Wildman–Crippen MR) is 63.3 cm³/mol. The van der Waals surface area contributed by atoms with Crippen LogP contribution in [0.2, 0.25) is 0 Å². The van der Waals surface area contributed by atoms with Crippen LogP contribution in [-0.4, -0.2) is 33.7 Å². The molecule has 0 aromatic carbocycles. The van der Waals surface area contributed by atoms with E-state index >= 15 is 0 Å². The first-order chi connectivity index (χ1) is 8.29. The Morgan fingerprint density at radius 2 is 2.47 bits per heavy atom. The molecule has 92 valence electrons. The Balaban J connectivity index is 1.91. The van der Waals surface area contributed by atoms with E-state index in [1.165, 1.54) is 12.4 Å². The zero-order chi connectivity index (χ0) is 12.1. The van der Waals surface area contributed by atoms with Gasteiger partial charge < -0.3 is 5.32 Å². The second-order valence-electron chi connectivity index (χ2n) is 4.26. The highest BCUT2D eigenvalue weighted by molar-refractivity contribution is 5.93. The molecule has 2 N–H and O–H groups in total. The molecule has 1 aromatic heterocycles. The first kappa shape index (κ1) is 11.9. The number of hydrogen-bond donors (Lipinski definition) is 2. The molecular formula is C11H17N5O. The first-order valence-electron chi connectivity index (χ1n) is 5.97. The van der Waals surface area contributed by atoms with Crippen molar-refractivity contribution < 1.29 is 4.79 Å². The van der Waals surface area contributed by atoms with Crippen molar-refractivity contribution in [2.24, 2.45) is 5.92 Å². The lowest BCUT2D eigenvalue weighted by Crippen LogP contribution is -2.46. The molecule has 2 heterocycles. The van der Waals surface area contributed by atoms with Crippen LogP contribution in [-0.2, 0) is 4.79 Å². The molecule has 1 aliphatic rings. The molecule has 1 fully saturated rings. The molecule has 1 aromatic rings. The lowest BCUT2D eigenvalue weighted by Gasteiger charge is -2.28. The Kier molecular flexibility index (Phi) is 3.98. The van der Waals surface area contributed by atoms with E-state index in [-0.39, 0.29) is 17.9 Å². The van der Waals surface area contributed by atoms with E-state index in [9.17, 15) is 4.79 Å². The second kappa shape index (κ2) is 5.67. The van der Waals surface area contributed by atoms with Crippen molar-refractivity contribution in [3.8, 4) is 0 Å². The monoisotopic (exact) mass is 235 g/mol. The molecule has 1 saturated heterocycles. The number of carbonyl (C=O) groups is 1. The standard InChI is InChI=1S/C11H17N5O/c1-2-8-3-4-12-9(7-8)10(17)15-11-13-5-6-14-16-11/h5-6,8-9,12H,2-4,7H2,1H3,(H,13,15,16,17). The summed E-state index contributed by atoms with van der Waals surface area (Å²) in [7, 11) is 0. The fraction of sp³-hybridized carbons (Fsp3) is 0.636. The van der Waals surface area contributed by atoms with Crippen LogP contribution in [0.5, 0.6) is 0 Å². The molecule has 6 nitrogen and oxygen atoms in total. The van der Waals surface area contributed by atoms with Gasteiger partial charge in [-0.15, -0.1) is 5.10 Å². The van der Waals surface area contributed by atoms with Gasteiger partial charge in [0.2, 0.25) is 11.9 Å². The van der Waals surface area contributed by atoms with Crippen LogP contribution >= 0.6 is 0 Å². The van der Waals surface area contributed by atoms with Gasteiger partial charge in [-0.3, -0.25) is 10.1 Å². The summed E-state index contributed by atoms with van der Waals surface area (Å²) in [6.07, 6.45) is 6.12. The summed E-state index contributed by atoms with van der Waals surface area (Å²) in [5, 5.41) is 13.3. The SMILES string of the molecule is CCC1CCNC(C(=O)Nc2nccnn2)C1. The maximum absolute atomic E-state index is 11.9. The molecule has 0 saturated carbocycles. The van der Waals surface area contributed by atoms with Gasteiger partial charge in [0.1, 0.15) is 0 Å². The summed E-state index contributed by atoms with van der Waals surface area (Å²) >= 11 is 0. The Morgan fingerprint density at radius 1 is 1.59 bits per heavy atom. The highest BCUT2D eigenvalue weighted by Gasteiger charge is 2.26. The fourth-order valence-corrected chi connectivity index (χ4v) is 2.07. The van der Waals surface area contributed by atoms with Gasteiger partial charge in [0.05, 0.1) is 18.4 Å². The number of nitrogens with one attached hydrogen (secondary N) is 2. The van der Waals surface area contributed by atoms with E-state index in [0.717, 1.165) is 25.8 Å². The van der Waals surface area contributed by atoms with Crippen molar-refractivity contribution in [3.63, 3.8) is 0 Å². The van der Waals surface area contributed by atoms with E-state index in [0.29, 0.717) is 5.92 Å². The lowest BCUT2D eigenvalue weighted by molar-refractivity contribution is -0.119. The largest absolute Gasteiger partial charge is 0.306 e. The molecule has 1 aliphatic heterocycles. The molecule has 0 aliphatic carbocycles. The fourth-order valence-electron chi connectivity index (χ4n) is 2.07. The molecule has 2 rings (SSSR count). The zero-order valence-electron chi connectivity index (χ0n) is 9.89. The number of piperidine rings is 1. The number of rotatable bonds is 3. The molecule has 0 bridgehead atoms. The maximum Gasteiger partial charge on any atom is 0.249 e. The Hall–Kier alpha value is -1.56. The van der Waals surface area contributed by atoms with Crippen LogP contribution in [0.15, 0.2) is 12.4 Å². The smallest absolute Gasteiger partial charge is 0.249 e. The second-order valence-corrected chi connectivity index (χ2v) is 4.26. The van der Waals surface area contributed by atoms with Crippen LogP contribution in [0.3, 0.4) is 0 Å². The van der Waals surface area contributed by atoms with Crippen LogP contribution in [0.25, 0.3) is 0 Å². The molecule has 6 heteroatoms. The minimum Gasteiger partial charge on any atom is -0.306 e. The van der Waals surface area contributed by atoms with Crippen molar-refractivity contribution in [2.75, 3.05) is 11.9 Å². The third kappa shape index (κ3) is 3.20. The van der Waals surface area contributed by atoms with Gasteiger partial charge in [-0.05, 0) is 25.3 Å². The maximum atomic E-state index is 11.9. The Morgan fingerprint density at radius 3 is 3.18 bits per heavy atom. The van der Waals surface area contributed by atoms with E-state index < -0.39 is 0 Å². The quantitative estimate of drug-likeness (QED) is 0.801. The number of carbonyl (C=O) groups excluding carboxylic acids is 1. The number of aromatic nitrogens is 3. The topological polar surface area (TPSA) is 79.8 Å². The van der Waals surface area contributed by atoms with E-state index in [2.05, 4.69) is 32.7 Å². The minimum absolute atomic E-state index is 0.0730. The molecule has 17 heavy (non-hydrogen) atoms. The lowest BCUT2D eigenvalue weighted by atomic mass is 9.90. The van der Waals surface area contributed by atoms with Crippen molar-refractivity contribution in [1.82, 2.24) is 20.5 Å². The van der Waals surface area contributed by atoms with Crippen molar-refractivity contribution in [2.45, 2.75) is 32.2 Å². The third-order valence-electron chi connectivity index (χ3n) is 3.12.